The zero-order valence-electron chi connectivity index (χ0n) is 30.3. The van der Waals surface area contributed by atoms with Crippen molar-refractivity contribution in [3.8, 4) is 5.88 Å². The number of fused-ring (bicyclic) bond motifs is 3. The van der Waals surface area contributed by atoms with Crippen molar-refractivity contribution in [2.24, 2.45) is 5.92 Å². The lowest BCUT2D eigenvalue weighted by Crippen LogP contribution is -2.56. The molecular formula is C41H46N6O6. The Bertz CT molecular complexity index is 2020. The van der Waals surface area contributed by atoms with Crippen molar-refractivity contribution in [2.75, 3.05) is 13.2 Å². The molecule has 12 nitrogen and oxygen atoms in total. The first-order valence-corrected chi connectivity index (χ1v) is 18.3. The van der Waals surface area contributed by atoms with Gasteiger partial charge in [0, 0.05) is 29.3 Å². The molecule has 6 rings (SSSR count). The van der Waals surface area contributed by atoms with E-state index in [4.69, 9.17) is 14.5 Å². The second-order valence-electron chi connectivity index (χ2n) is 13.7. The lowest BCUT2D eigenvalue weighted by molar-refractivity contribution is -0.150. The summed E-state index contributed by atoms with van der Waals surface area (Å²) < 4.78 is 11.9. The number of rotatable bonds is 16. The molecule has 2 aromatic carbocycles. The van der Waals surface area contributed by atoms with Gasteiger partial charge in [-0.25, -0.2) is 14.8 Å². The fourth-order valence-electron chi connectivity index (χ4n) is 7.07. The van der Waals surface area contributed by atoms with Gasteiger partial charge in [-0.1, -0.05) is 61.4 Å². The molecular weight excluding hydrogens is 672 g/mol. The van der Waals surface area contributed by atoms with Gasteiger partial charge in [0.2, 0.25) is 17.7 Å². The topological polar surface area (TPSA) is 153 Å². The van der Waals surface area contributed by atoms with E-state index in [0.717, 1.165) is 40.9 Å². The van der Waals surface area contributed by atoms with Crippen LogP contribution in [0.25, 0.3) is 21.7 Å². The van der Waals surface area contributed by atoms with E-state index in [2.05, 4.69) is 33.8 Å². The number of allylic oxidation sites excluding steroid dienone is 1. The number of pyridine rings is 1. The average Bonchev–Trinajstić information content (AvgIpc) is 3.73. The molecule has 2 aromatic heterocycles. The quantitative estimate of drug-likeness (QED) is 0.0672. The summed E-state index contributed by atoms with van der Waals surface area (Å²) in [5.74, 6) is -1.97. The van der Waals surface area contributed by atoms with Crippen LogP contribution in [-0.4, -0.2) is 80.4 Å². The van der Waals surface area contributed by atoms with Gasteiger partial charge in [0.15, 0.2) is 0 Å². The number of amides is 3. The molecule has 0 bridgehead atoms. The number of likely N-dealkylation sites (tertiary alicyclic amines) is 1. The monoisotopic (exact) mass is 718 g/mol. The summed E-state index contributed by atoms with van der Waals surface area (Å²) in [6.07, 6.45) is 9.69. The van der Waals surface area contributed by atoms with Gasteiger partial charge in [-0.05, 0) is 57.0 Å². The lowest BCUT2D eigenvalue weighted by atomic mass is 10.0. The summed E-state index contributed by atoms with van der Waals surface area (Å²) in [5.41, 5.74) is 0.214. The van der Waals surface area contributed by atoms with Crippen LogP contribution in [-0.2, 0) is 19.1 Å². The first kappa shape index (κ1) is 37.1. The highest BCUT2D eigenvalue weighted by molar-refractivity contribution is 6.07. The molecule has 0 spiro atoms. The number of para-hydroxylation sites is 1. The van der Waals surface area contributed by atoms with E-state index in [9.17, 15) is 19.2 Å². The number of carbonyl (C=O) groups excluding carboxylic acids is 4. The number of esters is 1. The van der Waals surface area contributed by atoms with Crippen LogP contribution in [0.15, 0.2) is 86.2 Å². The van der Waals surface area contributed by atoms with Crippen molar-refractivity contribution in [1.82, 2.24) is 30.5 Å². The number of nitrogens with one attached hydrogen (secondary N) is 2. The Hall–Kier alpha value is -5.65. The molecule has 1 aliphatic heterocycles. The molecule has 53 heavy (non-hydrogen) atoms. The molecule has 3 amide bonds. The minimum Gasteiger partial charge on any atom is -0.472 e. The molecule has 0 unspecified atom stereocenters. The van der Waals surface area contributed by atoms with Crippen LogP contribution in [0.3, 0.4) is 0 Å². The van der Waals surface area contributed by atoms with Gasteiger partial charge in [-0.15, -0.1) is 13.2 Å². The predicted molar refractivity (Wildman–Crippen MR) is 201 cm³/mol. The molecule has 1 saturated carbocycles. The minimum absolute atomic E-state index is 0.0459. The first-order valence-electron chi connectivity index (χ1n) is 18.3. The fraction of sp³-hybridized carbons (Fsp3) is 0.390. The van der Waals surface area contributed by atoms with Gasteiger partial charge in [0.25, 0.3) is 5.91 Å². The second kappa shape index (κ2) is 16.4. The Kier molecular flexibility index (Phi) is 11.5. The maximum atomic E-state index is 14.6. The molecule has 2 aliphatic rings. The average molecular weight is 719 g/mol. The Balaban J connectivity index is 1.31. The van der Waals surface area contributed by atoms with Gasteiger partial charge < -0.3 is 25.0 Å². The standard InChI is InChI=1S/C41H46N6O6/c1-5-8-9-10-11-20-33(44-36(48)34-24-42-26(4)23-43-34)39(50)47-25-28(21-35(47)37(49)46-41(22-27(41)6-2)40(51)52-7-3)53-38-31-18-13-12-16-29(31)30-17-14-15-19-32(30)45-38/h5-6,12-19,23-24,27-28,33,35H,1-2,7-11,20-22,25H2,3-4H3,(H,44,48)(H,46,49)/t27-,28-,33+,35+,41-/m1/s1. The van der Waals surface area contributed by atoms with Crippen molar-refractivity contribution in [3.63, 3.8) is 0 Å². The van der Waals surface area contributed by atoms with Crippen LogP contribution in [0.2, 0.25) is 0 Å². The Labute approximate surface area is 309 Å². The third-order valence-corrected chi connectivity index (χ3v) is 10.0. The number of benzene rings is 2. The normalized spacial score (nSPS) is 21.1. The van der Waals surface area contributed by atoms with E-state index in [0.29, 0.717) is 30.8 Å². The summed E-state index contributed by atoms with van der Waals surface area (Å²) in [4.78, 5) is 70.1. The fourth-order valence-corrected chi connectivity index (χ4v) is 7.07. The van der Waals surface area contributed by atoms with Crippen LogP contribution in [0.1, 0.15) is 68.1 Å². The van der Waals surface area contributed by atoms with Crippen LogP contribution < -0.4 is 15.4 Å². The zero-order chi connectivity index (χ0) is 37.5. The van der Waals surface area contributed by atoms with E-state index in [1.807, 2.05) is 54.6 Å². The molecule has 1 aliphatic carbocycles. The van der Waals surface area contributed by atoms with E-state index in [-0.39, 0.29) is 31.2 Å². The Morgan fingerprint density at radius 3 is 2.45 bits per heavy atom. The molecule has 2 fully saturated rings. The van der Waals surface area contributed by atoms with Gasteiger partial charge in [-0.3, -0.25) is 19.4 Å². The van der Waals surface area contributed by atoms with Crippen LogP contribution in [0.5, 0.6) is 5.88 Å². The zero-order valence-corrected chi connectivity index (χ0v) is 30.3. The molecule has 2 N–H and O–H groups in total. The number of hydrogen-bond donors (Lipinski definition) is 2. The lowest BCUT2D eigenvalue weighted by Gasteiger charge is -2.29. The number of unbranched alkanes of at least 4 members (excludes halogenated alkanes) is 3. The summed E-state index contributed by atoms with van der Waals surface area (Å²) in [6, 6.07) is 13.6. The van der Waals surface area contributed by atoms with Gasteiger partial charge in [-0.2, -0.15) is 0 Å². The Morgan fingerprint density at radius 2 is 1.75 bits per heavy atom. The third-order valence-electron chi connectivity index (χ3n) is 10.0. The SMILES string of the molecule is C=CCCCCC[C@H](NC(=O)c1cnc(C)cn1)C(=O)N1C[C@H](Oc2nc3ccccc3c3ccccc23)C[C@H]1C(=O)N[C@]1(C(=O)OCC)C[C@H]1C=C. The predicted octanol–water partition coefficient (Wildman–Crippen LogP) is 5.39. The number of nitrogens with zero attached hydrogens (tertiary/aromatic N) is 4. The Morgan fingerprint density at radius 1 is 1.00 bits per heavy atom. The number of ether oxygens (including phenoxy) is 2. The molecule has 0 radical (unpaired) electrons. The number of aryl methyl sites for hydroxylation is 1. The van der Waals surface area contributed by atoms with Crippen molar-refractivity contribution in [1.29, 1.82) is 0 Å². The van der Waals surface area contributed by atoms with Gasteiger partial charge in [0.1, 0.15) is 29.4 Å². The minimum atomic E-state index is -1.26. The summed E-state index contributed by atoms with van der Waals surface area (Å²) in [6.45, 7) is 11.3. The second-order valence-corrected chi connectivity index (χ2v) is 13.7. The maximum absolute atomic E-state index is 14.6. The van der Waals surface area contributed by atoms with Crippen LogP contribution in [0, 0.1) is 12.8 Å². The van der Waals surface area contributed by atoms with Crippen molar-refractivity contribution in [2.45, 2.75) is 82.5 Å². The van der Waals surface area contributed by atoms with Crippen LogP contribution in [0.4, 0.5) is 0 Å². The molecule has 5 atom stereocenters. The highest BCUT2D eigenvalue weighted by Gasteiger charge is 2.62. The summed E-state index contributed by atoms with van der Waals surface area (Å²) >= 11 is 0. The number of aromatic nitrogens is 3. The summed E-state index contributed by atoms with van der Waals surface area (Å²) in [7, 11) is 0. The number of carbonyl (C=O) groups is 4. The van der Waals surface area contributed by atoms with Crippen LogP contribution >= 0.6 is 0 Å². The molecule has 3 heterocycles. The van der Waals surface area contributed by atoms with Gasteiger partial charge in [0.05, 0.1) is 30.6 Å². The van der Waals surface area contributed by atoms with E-state index in [1.165, 1.54) is 17.3 Å². The van der Waals surface area contributed by atoms with Crippen molar-refractivity contribution in [3.05, 3.63) is 97.6 Å². The number of hydrogen-bond acceptors (Lipinski definition) is 9. The molecule has 1 saturated heterocycles. The molecule has 12 heteroatoms. The van der Waals surface area contributed by atoms with Crippen molar-refractivity contribution < 1.29 is 28.7 Å². The van der Waals surface area contributed by atoms with E-state index < -0.39 is 47.4 Å². The highest BCUT2D eigenvalue weighted by atomic mass is 16.5. The van der Waals surface area contributed by atoms with Crippen molar-refractivity contribution >= 4 is 45.4 Å². The van der Waals surface area contributed by atoms with Gasteiger partial charge >= 0.3 is 5.97 Å². The third kappa shape index (κ3) is 8.06. The van der Waals surface area contributed by atoms with E-state index in [1.54, 1.807) is 19.9 Å². The summed E-state index contributed by atoms with van der Waals surface area (Å²) in [5, 5.41) is 8.55. The highest BCUT2D eigenvalue weighted by Crippen LogP contribution is 2.46. The molecule has 276 valence electrons. The van der Waals surface area contributed by atoms with E-state index >= 15 is 0 Å². The smallest absolute Gasteiger partial charge is 0.332 e. The molecule has 4 aromatic rings. The maximum Gasteiger partial charge on any atom is 0.332 e. The largest absolute Gasteiger partial charge is 0.472 e. The first-order chi connectivity index (χ1) is 25.7.